The van der Waals surface area contributed by atoms with Gasteiger partial charge in [-0.05, 0) is 228 Å². The highest BCUT2D eigenvalue weighted by Gasteiger charge is 2.45. The molecule has 554 valence electrons. The van der Waals surface area contributed by atoms with Gasteiger partial charge in [-0.1, -0.05) is 288 Å². The maximum Gasteiger partial charge on any atom is 0.252 e. The zero-order valence-electron chi connectivity index (χ0n) is 68.7. The predicted octanol–water partition coefficient (Wildman–Crippen LogP) is 27.2. The predicted molar refractivity (Wildman–Crippen MR) is 488 cm³/mol. The number of nitrogens with zero attached hydrogens (tertiary/aromatic N) is 5. The van der Waals surface area contributed by atoms with Crippen molar-refractivity contribution in [1.29, 1.82) is 0 Å². The van der Waals surface area contributed by atoms with Gasteiger partial charge in [-0.25, -0.2) is 0 Å². The van der Waals surface area contributed by atoms with Crippen LogP contribution in [-0.4, -0.2) is 25.4 Å². The molecule has 0 N–H and O–H groups in total. The lowest BCUT2D eigenvalue weighted by Gasteiger charge is -2.41. The summed E-state index contributed by atoms with van der Waals surface area (Å²) in [6.45, 7) is 42.0. The Morgan fingerprint density at radius 1 is 0.257 bits per heavy atom. The van der Waals surface area contributed by atoms with Crippen molar-refractivity contribution in [2.45, 2.75) is 157 Å². The van der Waals surface area contributed by atoms with Crippen molar-refractivity contribution in [2.75, 3.05) is 4.90 Å². The summed E-state index contributed by atoms with van der Waals surface area (Å²) in [4.78, 5) is 8.26. The molecule has 5 nitrogen and oxygen atoms in total. The van der Waals surface area contributed by atoms with Crippen LogP contribution in [0, 0.1) is 0 Å². The topological polar surface area (TPSA) is 30.9 Å². The Morgan fingerprint density at radius 3 is 1.16 bits per heavy atom. The van der Waals surface area contributed by atoms with Gasteiger partial charge in [-0.2, -0.15) is 0 Å². The van der Waals surface area contributed by atoms with Gasteiger partial charge in [-0.15, -0.1) is 0 Å². The maximum atomic E-state index is 5.61. The molecule has 0 atom stereocenters. The maximum absolute atomic E-state index is 5.61. The van der Waals surface area contributed by atoms with Crippen LogP contribution in [0.2, 0.25) is 0 Å². The van der Waals surface area contributed by atoms with Crippen LogP contribution in [0.5, 0.6) is 0 Å². The van der Waals surface area contributed by atoms with Gasteiger partial charge >= 0.3 is 0 Å². The molecule has 0 amide bonds. The largest absolute Gasteiger partial charge is 0.311 e. The number of aromatic nitrogens is 4. The Bertz CT molecular complexity index is 6750. The van der Waals surface area contributed by atoms with E-state index in [-0.39, 0.29) is 39.2 Å². The Morgan fingerprint density at radius 2 is 0.664 bits per heavy atom. The summed E-state index contributed by atoms with van der Waals surface area (Å²) in [5.74, 6) is 0. The molecule has 18 aromatic rings. The van der Waals surface area contributed by atoms with E-state index in [1.165, 1.54) is 153 Å². The number of hydrogen-bond donors (Lipinski definition) is 0. The van der Waals surface area contributed by atoms with Crippen LogP contribution in [0.4, 0.5) is 17.1 Å². The van der Waals surface area contributed by atoms with E-state index in [9.17, 15) is 0 Å². The van der Waals surface area contributed by atoms with Crippen LogP contribution in [-0.2, 0) is 32.5 Å². The van der Waals surface area contributed by atoms with E-state index in [0.29, 0.717) is 0 Å². The zero-order chi connectivity index (χ0) is 78.2. The van der Waals surface area contributed by atoms with Crippen molar-refractivity contribution < 1.29 is 0 Å². The first kappa shape index (κ1) is 70.4. The number of fused-ring (bicyclic) bond motifs is 20. The molecule has 14 aromatic carbocycles. The van der Waals surface area contributed by atoms with E-state index in [4.69, 9.17) is 4.98 Å². The average Bonchev–Trinajstić information content (AvgIpc) is 1.56. The molecule has 0 radical (unpaired) electrons. The first-order chi connectivity index (χ1) is 53.9. The zero-order valence-corrected chi connectivity index (χ0v) is 68.7. The average molecular weight is 1460 g/mol. The molecular weight excluding hydrogens is 1370 g/mol. The third-order valence-corrected chi connectivity index (χ3v) is 25.4. The monoisotopic (exact) mass is 1460 g/mol. The molecular formula is C107H98BN5. The highest BCUT2D eigenvalue weighted by Crippen LogP contribution is 2.52. The van der Waals surface area contributed by atoms with Crippen molar-refractivity contribution in [3.8, 4) is 50.4 Å². The summed E-state index contributed by atoms with van der Waals surface area (Å²) in [5.41, 5.74) is 31.5. The van der Waals surface area contributed by atoms with Crippen molar-refractivity contribution in [2.24, 2.45) is 0 Å². The Balaban J connectivity index is 1.01. The van der Waals surface area contributed by atoms with E-state index in [1.807, 2.05) is 0 Å². The fourth-order valence-corrected chi connectivity index (χ4v) is 19.3. The quantitative estimate of drug-likeness (QED) is 0.123. The molecule has 20 rings (SSSR count). The molecule has 6 heterocycles. The number of hydrogen-bond acceptors (Lipinski definition) is 2. The fraction of sp³-hybridized carbons (Fsp3) is 0.224. The van der Waals surface area contributed by atoms with E-state index >= 15 is 0 Å². The first-order valence-electron chi connectivity index (χ1n) is 40.8. The molecule has 0 unspecified atom stereocenters. The fourth-order valence-electron chi connectivity index (χ4n) is 19.3. The summed E-state index contributed by atoms with van der Waals surface area (Å²) in [6.07, 6.45) is 4.37. The summed E-state index contributed by atoms with van der Waals surface area (Å²) < 4.78 is 7.89. The highest BCUT2D eigenvalue weighted by molar-refractivity contribution is 7.00. The molecule has 0 spiro atoms. The van der Waals surface area contributed by atoms with E-state index < -0.39 is 0 Å². The molecule has 0 aliphatic carbocycles. The van der Waals surface area contributed by atoms with Crippen LogP contribution < -0.4 is 21.3 Å². The van der Waals surface area contributed by atoms with Crippen LogP contribution in [0.15, 0.2) is 267 Å². The lowest BCUT2D eigenvalue weighted by Crippen LogP contribution is -2.60. The summed E-state index contributed by atoms with van der Waals surface area (Å²) >= 11 is 0. The van der Waals surface area contributed by atoms with Crippen LogP contribution in [0.3, 0.4) is 0 Å². The van der Waals surface area contributed by atoms with E-state index in [2.05, 4.69) is 410 Å². The van der Waals surface area contributed by atoms with Gasteiger partial charge in [0, 0.05) is 71.5 Å². The Labute approximate surface area is 665 Å². The molecule has 2 aliphatic rings. The van der Waals surface area contributed by atoms with Crippen LogP contribution in [0.25, 0.3) is 148 Å². The van der Waals surface area contributed by atoms with Crippen LogP contribution in [0.1, 0.15) is 158 Å². The number of rotatable bonds is 6. The van der Waals surface area contributed by atoms with Gasteiger partial charge in [0.05, 0.1) is 51.4 Å². The normalized spacial score (nSPS) is 13.5. The third kappa shape index (κ3) is 10.8. The Kier molecular flexibility index (Phi) is 15.2. The van der Waals surface area contributed by atoms with Gasteiger partial charge < -0.3 is 18.6 Å². The molecule has 4 aromatic heterocycles. The molecule has 0 bridgehead atoms. The first-order valence-corrected chi connectivity index (χ1v) is 40.8. The van der Waals surface area contributed by atoms with Crippen LogP contribution >= 0.6 is 0 Å². The number of pyridine rings is 1. The second-order valence-corrected chi connectivity index (χ2v) is 38.9. The minimum atomic E-state index is -0.225. The van der Waals surface area contributed by atoms with E-state index in [1.54, 1.807) is 0 Å². The molecule has 0 saturated carbocycles. The number of anilines is 3. The second-order valence-electron chi connectivity index (χ2n) is 38.9. The molecule has 0 fully saturated rings. The van der Waals surface area contributed by atoms with Gasteiger partial charge in [0.15, 0.2) is 0 Å². The molecule has 113 heavy (non-hydrogen) atoms. The Hall–Kier alpha value is -11.7. The molecule has 0 saturated heterocycles. The summed E-state index contributed by atoms with van der Waals surface area (Å²) in [5, 5.41) is 14.9. The SMILES string of the molecule is CC(C)(C)c1ccc(N2c3ccc(C(C)(C)C)cc3B3c4c2cc(-c2c(-n5c6ccc(C(C)(C)C)cc6c6cc(C(C)(C)C)ccc65)cncc2-n2c5ccc(C(C)(C)C)cc5c5cc(C(C)(C)C)ccc52)cc4-n2c4ccc5c6ccccc6c6ccccc6c5c4c4cc(-c5ccccc5-c5ccccc5)cc3c42)cc1. The van der Waals surface area contributed by atoms with Gasteiger partial charge in [0.25, 0.3) is 6.71 Å². The second kappa shape index (κ2) is 24.4. The number of benzene rings is 14. The smallest absolute Gasteiger partial charge is 0.252 e. The minimum absolute atomic E-state index is 0.0771. The molecule has 2 aliphatic heterocycles. The van der Waals surface area contributed by atoms with Crippen molar-refractivity contribution in [3.63, 3.8) is 0 Å². The third-order valence-electron chi connectivity index (χ3n) is 25.4. The summed E-state index contributed by atoms with van der Waals surface area (Å²) in [6, 6.07) is 99.9. The van der Waals surface area contributed by atoms with Crippen molar-refractivity contribution >= 4 is 138 Å². The lowest BCUT2D eigenvalue weighted by molar-refractivity contribution is 0.590. The standard InChI is InChI=1S/C107H98BN5/c1-102(2,3)66-36-43-72(44-37-66)110-91-50-42-71(107(16,17)18)60-85(91)108-86-53-64(74-31-23-22-30-73(74)63-28-20-19-21-29-63)52-84-99-92(51-45-79-77-34-25-24-32-75(77)76-33-26-27-35-78(76)98(79)99)113(101(84)86)94-55-65(54-93(110)100(94)108)97-95(111-87-46-38-67(103(4,5)6)56-80(87)81-57-68(104(7,8)9)39-47-88(81)111)61-109-62-96(97)112-89-48-40-69(105(10,11)12)58-82(89)83-59-70(106(13,14)15)41-49-90(83)112/h19-62H,1-18H3. The van der Waals surface area contributed by atoms with Gasteiger partial charge in [0.1, 0.15) is 0 Å². The van der Waals surface area contributed by atoms with Gasteiger partial charge in [-0.3, -0.25) is 4.98 Å². The summed E-state index contributed by atoms with van der Waals surface area (Å²) in [7, 11) is 0. The highest BCUT2D eigenvalue weighted by atomic mass is 15.2. The minimum Gasteiger partial charge on any atom is -0.311 e. The van der Waals surface area contributed by atoms with Gasteiger partial charge in [0.2, 0.25) is 0 Å². The molecule has 6 heteroatoms. The lowest BCUT2D eigenvalue weighted by atomic mass is 9.33. The van der Waals surface area contributed by atoms with E-state index in [0.717, 1.165) is 61.6 Å². The van der Waals surface area contributed by atoms with Crippen molar-refractivity contribution in [3.05, 3.63) is 301 Å². The van der Waals surface area contributed by atoms with Crippen molar-refractivity contribution in [1.82, 2.24) is 18.7 Å².